The number of likely N-dealkylation sites (tertiary alicyclic amines) is 1. The normalized spacial score (nSPS) is 21.7. The number of nitrogens with one attached hydrogen (secondary N) is 2. The van der Waals surface area contributed by atoms with Gasteiger partial charge in [0.05, 0.1) is 13.2 Å². The lowest BCUT2D eigenvalue weighted by Gasteiger charge is -2.37. The van der Waals surface area contributed by atoms with Gasteiger partial charge in [-0.3, -0.25) is 9.69 Å². The van der Waals surface area contributed by atoms with Crippen LogP contribution < -0.4 is 15.4 Å². The van der Waals surface area contributed by atoms with Crippen LogP contribution in [0, 0.1) is 24.6 Å². The number of alkyl carbamates (subject to hydrolysis) is 1. The number of hydrogen-bond acceptors (Lipinski definition) is 5. The van der Waals surface area contributed by atoms with Gasteiger partial charge >= 0.3 is 6.09 Å². The molecule has 33 heavy (non-hydrogen) atoms. The lowest BCUT2D eigenvalue weighted by Crippen LogP contribution is -2.50. The number of benzene rings is 1. The van der Waals surface area contributed by atoms with Crippen LogP contribution in [0.3, 0.4) is 0 Å². The van der Waals surface area contributed by atoms with E-state index < -0.39 is 5.60 Å². The summed E-state index contributed by atoms with van der Waals surface area (Å²) in [5, 5.41) is 5.96. The maximum Gasteiger partial charge on any atom is 0.407 e. The second-order valence-corrected chi connectivity index (χ2v) is 10.4. The topological polar surface area (TPSA) is 79.9 Å². The van der Waals surface area contributed by atoms with Gasteiger partial charge in [0, 0.05) is 18.7 Å². The first-order valence-electron chi connectivity index (χ1n) is 11.9. The third-order valence-electron chi connectivity index (χ3n) is 6.23. The van der Waals surface area contributed by atoms with Gasteiger partial charge in [0.1, 0.15) is 17.2 Å². The van der Waals surface area contributed by atoms with E-state index in [4.69, 9.17) is 9.47 Å². The molecular formula is C25H38FN3O4. The summed E-state index contributed by atoms with van der Waals surface area (Å²) in [5.74, 6) is 1.15. The Morgan fingerprint density at radius 2 is 1.85 bits per heavy atom. The van der Waals surface area contributed by atoms with Crippen molar-refractivity contribution in [1.29, 1.82) is 0 Å². The number of nitrogens with zero attached hydrogens (tertiary/aromatic N) is 1. The monoisotopic (exact) mass is 463 g/mol. The lowest BCUT2D eigenvalue weighted by atomic mass is 9.81. The van der Waals surface area contributed by atoms with Gasteiger partial charge in [0.15, 0.2) is 0 Å². The number of amides is 2. The van der Waals surface area contributed by atoms with Gasteiger partial charge in [-0.15, -0.1) is 0 Å². The third-order valence-corrected chi connectivity index (χ3v) is 6.23. The molecule has 0 aromatic heterocycles. The quantitative estimate of drug-likeness (QED) is 0.615. The molecule has 1 heterocycles. The molecule has 0 unspecified atom stereocenters. The van der Waals surface area contributed by atoms with Gasteiger partial charge in [0.25, 0.3) is 0 Å². The minimum absolute atomic E-state index is 0.0608. The fourth-order valence-electron chi connectivity index (χ4n) is 4.29. The highest BCUT2D eigenvalue weighted by Gasteiger charge is 2.31. The van der Waals surface area contributed by atoms with E-state index in [9.17, 15) is 14.0 Å². The number of hydrogen-bond donors (Lipinski definition) is 2. The molecule has 0 atom stereocenters. The average molecular weight is 464 g/mol. The van der Waals surface area contributed by atoms with Gasteiger partial charge in [-0.25, -0.2) is 9.18 Å². The molecule has 7 nitrogen and oxygen atoms in total. The fraction of sp³-hybridized carbons (Fsp3) is 0.680. The Bertz CT molecular complexity index is 812. The molecule has 1 saturated heterocycles. The molecular weight excluding hydrogens is 425 g/mol. The molecule has 1 saturated carbocycles. The number of ether oxygens (including phenoxy) is 2. The van der Waals surface area contributed by atoms with Crippen molar-refractivity contribution in [2.45, 2.75) is 65.0 Å². The van der Waals surface area contributed by atoms with E-state index in [0.717, 1.165) is 44.3 Å². The van der Waals surface area contributed by atoms with Gasteiger partial charge < -0.3 is 20.1 Å². The molecule has 2 amide bonds. The Balaban J connectivity index is 1.26. The molecule has 0 radical (unpaired) electrons. The summed E-state index contributed by atoms with van der Waals surface area (Å²) < 4.78 is 24.4. The van der Waals surface area contributed by atoms with Crippen molar-refractivity contribution >= 4 is 12.0 Å². The van der Waals surface area contributed by atoms with Crippen molar-refractivity contribution in [1.82, 2.24) is 15.5 Å². The van der Waals surface area contributed by atoms with Crippen LogP contribution in [0.4, 0.5) is 9.18 Å². The zero-order valence-corrected chi connectivity index (χ0v) is 20.3. The Hall–Kier alpha value is -2.35. The Morgan fingerprint density at radius 1 is 1.15 bits per heavy atom. The van der Waals surface area contributed by atoms with Crippen LogP contribution >= 0.6 is 0 Å². The molecule has 0 bridgehead atoms. The SMILES string of the molecule is Cc1ccc(F)cc1OCC1CC(NC(=O)CN2CCC(CNC(=O)OC(C)(C)C)CC2)C1. The zero-order chi connectivity index (χ0) is 24.0. The van der Waals surface area contributed by atoms with E-state index in [1.807, 2.05) is 27.7 Å². The number of carbonyl (C=O) groups is 2. The van der Waals surface area contributed by atoms with E-state index in [1.165, 1.54) is 12.1 Å². The highest BCUT2D eigenvalue weighted by atomic mass is 19.1. The summed E-state index contributed by atoms with van der Waals surface area (Å²) in [4.78, 5) is 26.4. The zero-order valence-electron chi connectivity index (χ0n) is 20.3. The van der Waals surface area contributed by atoms with E-state index in [0.29, 0.717) is 37.3 Å². The van der Waals surface area contributed by atoms with Gasteiger partial charge in [-0.2, -0.15) is 0 Å². The van der Waals surface area contributed by atoms with E-state index >= 15 is 0 Å². The molecule has 8 heteroatoms. The summed E-state index contributed by atoms with van der Waals surface area (Å²) in [6, 6.07) is 4.76. The van der Waals surface area contributed by atoms with Gasteiger partial charge in [-0.05, 0) is 89.9 Å². The maximum absolute atomic E-state index is 13.4. The molecule has 184 valence electrons. The van der Waals surface area contributed by atoms with Crippen molar-refractivity contribution < 1.29 is 23.5 Å². The van der Waals surface area contributed by atoms with Crippen LogP contribution in [0.15, 0.2) is 18.2 Å². The highest BCUT2D eigenvalue weighted by molar-refractivity contribution is 5.78. The van der Waals surface area contributed by atoms with Crippen LogP contribution in [0.25, 0.3) is 0 Å². The van der Waals surface area contributed by atoms with Crippen LogP contribution in [-0.2, 0) is 9.53 Å². The Labute approximate surface area is 196 Å². The predicted molar refractivity (Wildman–Crippen MR) is 125 cm³/mol. The minimum atomic E-state index is -0.491. The molecule has 2 N–H and O–H groups in total. The fourth-order valence-corrected chi connectivity index (χ4v) is 4.29. The summed E-state index contributed by atoms with van der Waals surface area (Å²) in [6.45, 7) is 10.7. The summed E-state index contributed by atoms with van der Waals surface area (Å²) in [6.07, 6.45) is 3.30. The molecule has 0 spiro atoms. The number of rotatable bonds is 8. The number of aryl methyl sites for hydroxylation is 1. The first-order chi connectivity index (χ1) is 15.6. The molecule has 1 aliphatic heterocycles. The van der Waals surface area contributed by atoms with Crippen LogP contribution in [0.2, 0.25) is 0 Å². The lowest BCUT2D eigenvalue weighted by molar-refractivity contribution is -0.124. The molecule has 1 aromatic rings. The minimum Gasteiger partial charge on any atom is -0.493 e. The van der Waals surface area contributed by atoms with Crippen molar-refractivity contribution in [3.63, 3.8) is 0 Å². The van der Waals surface area contributed by atoms with Crippen molar-refractivity contribution in [2.24, 2.45) is 11.8 Å². The molecule has 3 rings (SSSR count). The molecule has 2 aliphatic rings. The van der Waals surface area contributed by atoms with Crippen molar-refractivity contribution in [2.75, 3.05) is 32.8 Å². The number of carbonyl (C=O) groups excluding carboxylic acids is 2. The first-order valence-corrected chi connectivity index (χ1v) is 11.9. The molecule has 1 aliphatic carbocycles. The second kappa shape index (κ2) is 11.2. The largest absolute Gasteiger partial charge is 0.493 e. The second-order valence-electron chi connectivity index (χ2n) is 10.4. The molecule has 1 aromatic carbocycles. The van der Waals surface area contributed by atoms with Gasteiger partial charge in [-0.1, -0.05) is 6.07 Å². The Kier molecular flexibility index (Phi) is 8.57. The number of piperidine rings is 1. The van der Waals surface area contributed by atoms with E-state index in [-0.39, 0.29) is 23.9 Å². The first kappa shape index (κ1) is 25.3. The smallest absolute Gasteiger partial charge is 0.407 e. The van der Waals surface area contributed by atoms with Crippen molar-refractivity contribution in [3.8, 4) is 5.75 Å². The Morgan fingerprint density at radius 3 is 2.52 bits per heavy atom. The summed E-state index contributed by atoms with van der Waals surface area (Å²) >= 11 is 0. The molecule has 2 fully saturated rings. The van der Waals surface area contributed by atoms with E-state index in [1.54, 1.807) is 6.07 Å². The van der Waals surface area contributed by atoms with Crippen LogP contribution in [0.1, 0.15) is 52.0 Å². The third kappa shape index (κ3) is 8.50. The average Bonchev–Trinajstić information content (AvgIpc) is 2.70. The summed E-state index contributed by atoms with van der Waals surface area (Å²) in [7, 11) is 0. The maximum atomic E-state index is 13.4. The van der Waals surface area contributed by atoms with Crippen LogP contribution in [-0.4, -0.2) is 61.3 Å². The standard InChI is InChI=1S/C25H38FN3O4/c1-17-5-6-20(26)13-22(17)32-16-19-11-21(12-19)28-23(30)15-29-9-7-18(8-10-29)14-27-24(31)33-25(2,3)4/h5-6,13,18-19,21H,7-12,14-16H2,1-4H3,(H,27,31)(H,28,30). The predicted octanol–water partition coefficient (Wildman–Crippen LogP) is 3.64. The highest BCUT2D eigenvalue weighted by Crippen LogP contribution is 2.29. The van der Waals surface area contributed by atoms with Crippen LogP contribution in [0.5, 0.6) is 5.75 Å². The van der Waals surface area contributed by atoms with Gasteiger partial charge in [0.2, 0.25) is 5.91 Å². The summed E-state index contributed by atoms with van der Waals surface area (Å²) in [5.41, 5.74) is 0.430. The van der Waals surface area contributed by atoms with Crippen molar-refractivity contribution in [3.05, 3.63) is 29.6 Å². The van der Waals surface area contributed by atoms with E-state index in [2.05, 4.69) is 15.5 Å². The number of halogens is 1.